The molecule has 6 nitrogen and oxygen atoms in total. The van der Waals surface area contributed by atoms with Gasteiger partial charge >= 0.3 is 0 Å². The van der Waals surface area contributed by atoms with Crippen LogP contribution in [0.15, 0.2) is 39.6 Å². The number of carbonyl (C=O) groups excluding carboxylic acids is 1. The van der Waals surface area contributed by atoms with Crippen molar-refractivity contribution in [2.24, 2.45) is 5.92 Å². The molecule has 9 heteroatoms. The molecule has 1 aliphatic carbocycles. The average Bonchev–Trinajstić information content (AvgIpc) is 3.50. The molecule has 1 saturated carbocycles. The smallest absolute Gasteiger partial charge is 0.233 e. The highest BCUT2D eigenvalue weighted by molar-refractivity contribution is 8.01. The van der Waals surface area contributed by atoms with Crippen LogP contribution in [0.4, 0.5) is 5.13 Å². The first kappa shape index (κ1) is 25.7. The summed E-state index contributed by atoms with van der Waals surface area (Å²) in [6, 6.07) is 6.80. The monoisotopic (exact) mass is 521 g/mol. The van der Waals surface area contributed by atoms with E-state index in [1.54, 1.807) is 36.0 Å². The fraction of sp³-hybridized carbons (Fsp3) is 0.600. The SMILES string of the molecule is CS(=O)(=O)c1ccc([C@H](CC2CCCC2)C(=O)Nc2ncc(SCCN3CCCCC3)s2)cc1. The number of hydrogen-bond acceptors (Lipinski definition) is 7. The molecule has 0 unspecified atom stereocenters. The quantitative estimate of drug-likeness (QED) is 0.420. The topological polar surface area (TPSA) is 79.4 Å². The molecule has 2 fully saturated rings. The fourth-order valence-electron chi connectivity index (χ4n) is 4.96. The van der Waals surface area contributed by atoms with E-state index < -0.39 is 9.84 Å². The Morgan fingerprint density at radius 3 is 2.53 bits per heavy atom. The van der Waals surface area contributed by atoms with Gasteiger partial charge in [-0.15, -0.1) is 11.8 Å². The van der Waals surface area contributed by atoms with Gasteiger partial charge in [-0.2, -0.15) is 0 Å². The first-order valence-corrected chi connectivity index (χ1v) is 16.0. The van der Waals surface area contributed by atoms with Crippen molar-refractivity contribution in [3.05, 3.63) is 36.0 Å². The standard InChI is InChI=1S/C25H35N3O3S3/c1-34(30,31)21-11-9-20(10-12-21)22(17-19-7-3-4-8-19)24(29)27-25-26-18-23(33-25)32-16-15-28-13-5-2-6-14-28/h9-12,18-19,22H,2-8,13-17H2,1H3,(H,26,27,29)/t22-/m0/s1. The highest BCUT2D eigenvalue weighted by Gasteiger charge is 2.27. The van der Waals surface area contributed by atoms with Crippen molar-refractivity contribution in [1.82, 2.24) is 9.88 Å². The van der Waals surface area contributed by atoms with Gasteiger partial charge in [0.2, 0.25) is 5.91 Å². The summed E-state index contributed by atoms with van der Waals surface area (Å²) in [4.78, 5) is 20.6. The van der Waals surface area contributed by atoms with Crippen molar-refractivity contribution in [3.8, 4) is 0 Å². The molecule has 1 aromatic carbocycles. The lowest BCUT2D eigenvalue weighted by molar-refractivity contribution is -0.118. The lowest BCUT2D eigenvalue weighted by Crippen LogP contribution is -2.31. The number of thioether (sulfide) groups is 1. The van der Waals surface area contributed by atoms with Crippen LogP contribution in [0, 0.1) is 5.92 Å². The van der Waals surface area contributed by atoms with Crippen molar-refractivity contribution >= 4 is 44.0 Å². The van der Waals surface area contributed by atoms with Crippen LogP contribution in [0.5, 0.6) is 0 Å². The van der Waals surface area contributed by atoms with Crippen LogP contribution in [0.3, 0.4) is 0 Å². The van der Waals surface area contributed by atoms with Crippen LogP contribution in [0.1, 0.15) is 62.8 Å². The predicted octanol–water partition coefficient (Wildman–Crippen LogP) is 5.43. The van der Waals surface area contributed by atoms with E-state index in [-0.39, 0.29) is 16.7 Å². The number of likely N-dealkylation sites (tertiary alicyclic amines) is 1. The summed E-state index contributed by atoms with van der Waals surface area (Å²) in [5.41, 5.74) is 0.865. The number of nitrogens with one attached hydrogen (secondary N) is 1. The van der Waals surface area contributed by atoms with Gasteiger partial charge in [-0.25, -0.2) is 13.4 Å². The minimum absolute atomic E-state index is 0.0572. The van der Waals surface area contributed by atoms with Crippen LogP contribution in [0.2, 0.25) is 0 Å². The molecule has 2 heterocycles. The Morgan fingerprint density at radius 1 is 1.15 bits per heavy atom. The summed E-state index contributed by atoms with van der Waals surface area (Å²) in [7, 11) is -3.26. The van der Waals surface area contributed by atoms with Crippen LogP contribution >= 0.6 is 23.1 Å². The van der Waals surface area contributed by atoms with Gasteiger partial charge in [0.1, 0.15) is 0 Å². The van der Waals surface area contributed by atoms with E-state index in [4.69, 9.17) is 0 Å². The zero-order valence-corrected chi connectivity index (χ0v) is 22.3. The maximum Gasteiger partial charge on any atom is 0.233 e. The third-order valence-electron chi connectivity index (χ3n) is 6.89. The Balaban J connectivity index is 1.38. The van der Waals surface area contributed by atoms with E-state index in [0.717, 1.165) is 41.3 Å². The lowest BCUT2D eigenvalue weighted by atomic mass is 9.87. The second-order valence-electron chi connectivity index (χ2n) is 9.50. The molecule has 4 rings (SSSR count). The van der Waals surface area contributed by atoms with Crippen molar-refractivity contribution in [2.45, 2.75) is 66.4 Å². The second kappa shape index (κ2) is 12.0. The number of thiazole rings is 1. The number of amides is 1. The van der Waals surface area contributed by atoms with Crippen molar-refractivity contribution in [2.75, 3.05) is 37.0 Å². The van der Waals surface area contributed by atoms with Gasteiger partial charge < -0.3 is 10.2 Å². The zero-order valence-electron chi connectivity index (χ0n) is 19.9. The number of anilines is 1. The molecule has 1 saturated heterocycles. The first-order chi connectivity index (χ1) is 16.4. The molecule has 0 radical (unpaired) electrons. The number of rotatable bonds is 10. The van der Waals surface area contributed by atoms with E-state index in [2.05, 4.69) is 15.2 Å². The molecule has 1 amide bonds. The van der Waals surface area contributed by atoms with Gasteiger partial charge in [-0.3, -0.25) is 4.79 Å². The second-order valence-corrected chi connectivity index (χ2v) is 13.9. The predicted molar refractivity (Wildman–Crippen MR) is 141 cm³/mol. The molecule has 0 spiro atoms. The molecule has 2 aliphatic rings. The fourth-order valence-corrected chi connectivity index (χ4v) is 7.54. The summed E-state index contributed by atoms with van der Waals surface area (Å²) < 4.78 is 24.8. The Bertz CT molecular complexity index is 1040. The van der Waals surface area contributed by atoms with E-state index in [1.165, 1.54) is 62.8 Å². The third kappa shape index (κ3) is 7.29. The largest absolute Gasteiger partial charge is 0.303 e. The Kier molecular flexibility index (Phi) is 9.07. The van der Waals surface area contributed by atoms with Gasteiger partial charge in [-0.05, 0) is 56.0 Å². The number of piperidine rings is 1. The third-order valence-corrected chi connectivity index (χ3v) is 10.1. The Morgan fingerprint density at radius 2 is 1.85 bits per heavy atom. The molecule has 1 N–H and O–H groups in total. The molecular formula is C25H35N3O3S3. The molecule has 1 aromatic heterocycles. The van der Waals surface area contributed by atoms with E-state index in [9.17, 15) is 13.2 Å². The molecule has 186 valence electrons. The van der Waals surface area contributed by atoms with Crippen LogP contribution in [-0.2, 0) is 14.6 Å². The van der Waals surface area contributed by atoms with Gasteiger partial charge in [0, 0.05) is 18.6 Å². The molecule has 2 aromatic rings. The van der Waals surface area contributed by atoms with Crippen molar-refractivity contribution in [3.63, 3.8) is 0 Å². The van der Waals surface area contributed by atoms with E-state index >= 15 is 0 Å². The first-order valence-electron chi connectivity index (χ1n) is 12.3. The summed E-state index contributed by atoms with van der Waals surface area (Å²) in [5, 5.41) is 3.68. The highest BCUT2D eigenvalue weighted by atomic mass is 32.2. The summed E-state index contributed by atoms with van der Waals surface area (Å²) in [6.45, 7) is 3.51. The van der Waals surface area contributed by atoms with E-state index in [1.807, 2.05) is 6.20 Å². The summed E-state index contributed by atoms with van der Waals surface area (Å²) in [6.07, 6.45) is 12.6. The van der Waals surface area contributed by atoms with Crippen molar-refractivity contribution < 1.29 is 13.2 Å². The number of nitrogens with zero attached hydrogens (tertiary/aromatic N) is 2. The summed E-state index contributed by atoms with van der Waals surface area (Å²) in [5.74, 6) is 1.20. The van der Waals surface area contributed by atoms with Crippen molar-refractivity contribution in [1.29, 1.82) is 0 Å². The average molecular weight is 522 g/mol. The van der Waals surface area contributed by atoms with Gasteiger partial charge in [0.25, 0.3) is 0 Å². The highest BCUT2D eigenvalue weighted by Crippen LogP contribution is 2.36. The molecular weight excluding hydrogens is 486 g/mol. The molecule has 1 aliphatic heterocycles. The summed E-state index contributed by atoms with van der Waals surface area (Å²) >= 11 is 3.33. The normalized spacial score (nSPS) is 18.7. The zero-order chi connectivity index (χ0) is 24.0. The number of sulfone groups is 1. The van der Waals surface area contributed by atoms with Crippen LogP contribution in [0.25, 0.3) is 0 Å². The van der Waals surface area contributed by atoms with E-state index in [0.29, 0.717) is 11.0 Å². The van der Waals surface area contributed by atoms with Gasteiger partial charge in [-0.1, -0.05) is 55.6 Å². The minimum Gasteiger partial charge on any atom is -0.303 e. The molecule has 0 bridgehead atoms. The minimum atomic E-state index is -3.26. The maximum atomic E-state index is 13.3. The van der Waals surface area contributed by atoms with Gasteiger partial charge in [0.05, 0.1) is 21.2 Å². The number of benzene rings is 1. The maximum absolute atomic E-state index is 13.3. The Labute approximate surface area is 211 Å². The Hall–Kier alpha value is -1.42. The van der Waals surface area contributed by atoms with Crippen LogP contribution in [-0.4, -0.2) is 55.9 Å². The number of aromatic nitrogens is 1. The van der Waals surface area contributed by atoms with Crippen LogP contribution < -0.4 is 5.32 Å². The lowest BCUT2D eigenvalue weighted by Gasteiger charge is -2.25. The van der Waals surface area contributed by atoms with Gasteiger partial charge in [0.15, 0.2) is 15.0 Å². The molecule has 1 atom stereocenters. The number of carbonyl (C=O) groups is 1. The molecule has 34 heavy (non-hydrogen) atoms. The number of hydrogen-bond donors (Lipinski definition) is 1.